The Hall–Kier alpha value is -2.84. The van der Waals surface area contributed by atoms with E-state index < -0.39 is 22.2 Å². The number of rotatable bonds is 3. The van der Waals surface area contributed by atoms with Crippen molar-refractivity contribution in [3.05, 3.63) is 46.0 Å². The third-order valence-corrected chi connectivity index (χ3v) is 2.34. The summed E-state index contributed by atoms with van der Waals surface area (Å²) in [5.41, 5.74) is -0.804. The van der Waals surface area contributed by atoms with E-state index >= 15 is 0 Å². The lowest BCUT2D eigenvalue weighted by atomic mass is 10.2. The van der Waals surface area contributed by atoms with Crippen LogP contribution in [0.5, 0.6) is 0 Å². The van der Waals surface area contributed by atoms with Crippen molar-refractivity contribution in [2.75, 3.05) is 5.32 Å². The zero-order valence-corrected chi connectivity index (χ0v) is 9.70. The molecule has 1 aromatic carbocycles. The van der Waals surface area contributed by atoms with Crippen LogP contribution in [0, 0.1) is 15.9 Å². The lowest BCUT2D eigenvalue weighted by Crippen LogP contribution is -2.17. The van der Waals surface area contributed by atoms with E-state index in [1.54, 1.807) is 0 Å². The molecule has 2 aromatic rings. The normalized spacial score (nSPS) is 10.2. The van der Waals surface area contributed by atoms with E-state index in [0.717, 1.165) is 18.2 Å². The highest BCUT2D eigenvalue weighted by molar-refractivity contribution is 6.03. The summed E-state index contributed by atoms with van der Waals surface area (Å²) in [6.07, 6.45) is 1.21. The molecule has 0 saturated heterocycles. The van der Waals surface area contributed by atoms with Gasteiger partial charge >= 0.3 is 0 Å². The molecule has 2 rings (SSSR count). The molecule has 1 N–H and O–H groups in total. The Bertz CT molecular complexity index is 654. The van der Waals surface area contributed by atoms with Crippen molar-refractivity contribution in [3.8, 4) is 0 Å². The largest absolute Gasteiger partial charge is 0.291 e. The van der Waals surface area contributed by atoms with E-state index in [-0.39, 0.29) is 11.6 Å². The number of nitrogens with one attached hydrogen (secondary N) is 1. The summed E-state index contributed by atoms with van der Waals surface area (Å²) in [5, 5.41) is 16.6. The second kappa shape index (κ2) is 4.80. The third-order valence-electron chi connectivity index (χ3n) is 2.34. The van der Waals surface area contributed by atoms with Crippen LogP contribution in [0.25, 0.3) is 0 Å². The molecule has 0 saturated carbocycles. The van der Waals surface area contributed by atoms with Gasteiger partial charge in [0.25, 0.3) is 11.6 Å². The van der Waals surface area contributed by atoms with Crippen molar-refractivity contribution in [2.45, 2.75) is 0 Å². The molecular formula is C10H8FN5O3. The highest BCUT2D eigenvalue weighted by Crippen LogP contribution is 2.17. The van der Waals surface area contributed by atoms with Crippen molar-refractivity contribution in [1.82, 2.24) is 14.8 Å². The smallest absolute Gasteiger partial charge is 0.270 e. The molecule has 0 aliphatic carbocycles. The number of nitro groups is 1. The van der Waals surface area contributed by atoms with Crippen LogP contribution in [0.2, 0.25) is 0 Å². The summed E-state index contributed by atoms with van der Waals surface area (Å²) in [5.74, 6) is -1.58. The van der Waals surface area contributed by atoms with Gasteiger partial charge in [-0.05, 0) is 6.07 Å². The summed E-state index contributed by atoms with van der Waals surface area (Å²) in [6.45, 7) is 0. The van der Waals surface area contributed by atoms with Crippen LogP contribution in [0.1, 0.15) is 10.4 Å². The first-order chi connectivity index (χ1) is 8.99. The predicted molar refractivity (Wildman–Crippen MR) is 62.0 cm³/mol. The number of carbonyl (C=O) groups is 1. The van der Waals surface area contributed by atoms with Crippen LogP contribution in [-0.2, 0) is 7.05 Å². The summed E-state index contributed by atoms with van der Waals surface area (Å²) >= 11 is 0. The van der Waals surface area contributed by atoms with Crippen LogP contribution >= 0.6 is 0 Å². The number of hydrogen-bond donors (Lipinski definition) is 1. The summed E-state index contributed by atoms with van der Waals surface area (Å²) in [4.78, 5) is 25.4. The number of aromatic nitrogens is 3. The molecule has 19 heavy (non-hydrogen) atoms. The van der Waals surface area contributed by atoms with Gasteiger partial charge in [0.2, 0.25) is 5.95 Å². The van der Waals surface area contributed by atoms with Gasteiger partial charge in [0.15, 0.2) is 0 Å². The Morgan fingerprint density at radius 3 is 2.84 bits per heavy atom. The van der Waals surface area contributed by atoms with E-state index in [4.69, 9.17) is 0 Å². The summed E-state index contributed by atoms with van der Waals surface area (Å²) < 4.78 is 14.8. The number of halogens is 1. The molecule has 1 aromatic heterocycles. The highest BCUT2D eigenvalue weighted by Gasteiger charge is 2.18. The van der Waals surface area contributed by atoms with Crippen LogP contribution in [0.4, 0.5) is 16.0 Å². The van der Waals surface area contributed by atoms with Gasteiger partial charge in [0, 0.05) is 19.2 Å². The molecule has 8 nitrogen and oxygen atoms in total. The fraction of sp³-hybridized carbons (Fsp3) is 0.100. The number of carbonyl (C=O) groups excluding carboxylic acids is 1. The van der Waals surface area contributed by atoms with E-state index in [0.29, 0.717) is 0 Å². The highest BCUT2D eigenvalue weighted by atomic mass is 19.1. The Balaban J connectivity index is 2.31. The number of amides is 1. The van der Waals surface area contributed by atoms with Gasteiger partial charge in [-0.25, -0.2) is 9.07 Å². The minimum atomic E-state index is -0.856. The lowest BCUT2D eigenvalue weighted by molar-refractivity contribution is -0.384. The molecule has 1 heterocycles. The molecule has 1 amide bonds. The number of anilines is 1. The molecule has 0 atom stereocenters. The van der Waals surface area contributed by atoms with Gasteiger partial charge in [-0.2, -0.15) is 10.1 Å². The standard InChI is InChI=1S/C10H8FN5O3/c1-15-10(12-5-13-15)14-9(17)7-4-6(16(18)19)2-3-8(7)11/h2-5H,1H3,(H,12,13,14,17). The van der Waals surface area contributed by atoms with Crippen LogP contribution in [0.15, 0.2) is 24.5 Å². The first-order valence-corrected chi connectivity index (χ1v) is 5.08. The minimum Gasteiger partial charge on any atom is -0.291 e. The molecular weight excluding hydrogens is 257 g/mol. The van der Waals surface area contributed by atoms with Crippen molar-refractivity contribution in [3.63, 3.8) is 0 Å². The fourth-order valence-corrected chi connectivity index (χ4v) is 1.38. The van der Waals surface area contributed by atoms with E-state index in [1.807, 2.05) is 0 Å². The first kappa shape index (κ1) is 12.6. The van der Waals surface area contributed by atoms with Gasteiger partial charge < -0.3 is 0 Å². The molecule has 0 aliphatic rings. The third kappa shape index (κ3) is 2.54. The Labute approximate surface area is 106 Å². The fourth-order valence-electron chi connectivity index (χ4n) is 1.38. The Morgan fingerprint density at radius 2 is 2.26 bits per heavy atom. The molecule has 0 fully saturated rings. The number of nitro benzene ring substituents is 1. The van der Waals surface area contributed by atoms with Crippen LogP contribution < -0.4 is 5.32 Å². The zero-order valence-electron chi connectivity index (χ0n) is 9.70. The van der Waals surface area contributed by atoms with Gasteiger partial charge in [0.1, 0.15) is 12.1 Å². The predicted octanol–water partition coefficient (Wildman–Crippen LogP) is 1.11. The monoisotopic (exact) mass is 265 g/mol. The van der Waals surface area contributed by atoms with Gasteiger partial charge in [-0.1, -0.05) is 0 Å². The molecule has 0 spiro atoms. The van der Waals surface area contributed by atoms with Crippen LogP contribution in [-0.4, -0.2) is 25.6 Å². The zero-order chi connectivity index (χ0) is 14.0. The van der Waals surface area contributed by atoms with Crippen molar-refractivity contribution in [2.24, 2.45) is 7.05 Å². The molecule has 0 unspecified atom stereocenters. The van der Waals surface area contributed by atoms with Crippen molar-refractivity contribution < 1.29 is 14.1 Å². The molecule has 9 heteroatoms. The summed E-state index contributed by atoms with van der Waals surface area (Å²) in [6, 6.07) is 2.71. The molecule has 0 radical (unpaired) electrons. The average molecular weight is 265 g/mol. The van der Waals surface area contributed by atoms with E-state index in [1.165, 1.54) is 18.1 Å². The summed E-state index contributed by atoms with van der Waals surface area (Å²) in [7, 11) is 1.53. The Kier molecular flexibility index (Phi) is 3.19. The Morgan fingerprint density at radius 1 is 1.53 bits per heavy atom. The first-order valence-electron chi connectivity index (χ1n) is 5.08. The molecule has 0 bridgehead atoms. The van der Waals surface area contributed by atoms with Gasteiger partial charge in [-0.3, -0.25) is 20.2 Å². The van der Waals surface area contributed by atoms with E-state index in [9.17, 15) is 19.3 Å². The van der Waals surface area contributed by atoms with Crippen molar-refractivity contribution in [1.29, 1.82) is 0 Å². The maximum Gasteiger partial charge on any atom is 0.270 e. The van der Waals surface area contributed by atoms with Gasteiger partial charge in [0.05, 0.1) is 10.5 Å². The molecule has 0 aliphatic heterocycles. The number of hydrogen-bond acceptors (Lipinski definition) is 5. The second-order valence-corrected chi connectivity index (χ2v) is 3.58. The van der Waals surface area contributed by atoms with Crippen molar-refractivity contribution >= 4 is 17.5 Å². The number of nitrogens with zero attached hydrogens (tertiary/aromatic N) is 4. The van der Waals surface area contributed by atoms with Gasteiger partial charge in [-0.15, -0.1) is 0 Å². The number of aryl methyl sites for hydroxylation is 1. The SMILES string of the molecule is Cn1ncnc1NC(=O)c1cc([N+](=O)[O-])ccc1F. The average Bonchev–Trinajstić information content (AvgIpc) is 2.75. The topological polar surface area (TPSA) is 103 Å². The lowest BCUT2D eigenvalue weighted by Gasteiger charge is -2.04. The quantitative estimate of drug-likeness (QED) is 0.661. The maximum absolute atomic E-state index is 13.5. The maximum atomic E-state index is 13.5. The number of non-ortho nitro benzene ring substituents is 1. The second-order valence-electron chi connectivity index (χ2n) is 3.58. The van der Waals surface area contributed by atoms with Crippen LogP contribution in [0.3, 0.4) is 0 Å². The molecule has 98 valence electrons. The minimum absolute atomic E-state index is 0.107. The number of benzene rings is 1. The van der Waals surface area contributed by atoms with E-state index in [2.05, 4.69) is 15.4 Å².